The lowest BCUT2D eigenvalue weighted by Crippen LogP contribution is -2.40. The Kier molecular flexibility index (Phi) is 5.69. The molecule has 0 aromatic carbocycles. The fraction of sp³-hybridized carbons (Fsp3) is 0.571. The fourth-order valence-electron chi connectivity index (χ4n) is 2.24. The largest absolute Gasteiger partial charge is 0.479 e. The van der Waals surface area contributed by atoms with Crippen LogP contribution in [0.4, 0.5) is 11.4 Å². The first-order valence-corrected chi connectivity index (χ1v) is 8.08. The molecule has 116 valence electrons. The summed E-state index contributed by atoms with van der Waals surface area (Å²) in [5.74, 6) is 2.49. The van der Waals surface area contributed by atoms with Crippen LogP contribution in [0.1, 0.15) is 6.42 Å². The zero-order chi connectivity index (χ0) is 15.2. The fourth-order valence-corrected chi connectivity index (χ4v) is 3.19. The Morgan fingerprint density at radius 1 is 1.62 bits per heavy atom. The molecule has 1 aromatic heterocycles. The molecule has 1 aliphatic heterocycles. The molecule has 2 rings (SSSR count). The Morgan fingerprint density at radius 2 is 2.43 bits per heavy atom. The Bertz CT molecular complexity index is 490. The van der Waals surface area contributed by atoms with E-state index in [1.54, 1.807) is 13.3 Å². The number of anilines is 2. The number of aromatic nitrogens is 1. The van der Waals surface area contributed by atoms with Gasteiger partial charge in [-0.05, 0) is 6.07 Å². The summed E-state index contributed by atoms with van der Waals surface area (Å²) >= 11 is 1.88. The molecule has 0 aliphatic carbocycles. The van der Waals surface area contributed by atoms with Gasteiger partial charge >= 0.3 is 0 Å². The van der Waals surface area contributed by atoms with Crippen molar-refractivity contribution in [3.8, 4) is 5.88 Å². The van der Waals surface area contributed by atoms with E-state index in [-0.39, 0.29) is 11.9 Å². The lowest BCUT2D eigenvalue weighted by molar-refractivity contribution is -0.116. The van der Waals surface area contributed by atoms with E-state index < -0.39 is 0 Å². The van der Waals surface area contributed by atoms with Crippen molar-refractivity contribution in [3.05, 3.63) is 12.3 Å². The number of pyridine rings is 1. The van der Waals surface area contributed by atoms with Crippen LogP contribution in [0.15, 0.2) is 12.3 Å². The minimum atomic E-state index is -0.0237. The molecule has 2 N–H and O–H groups in total. The van der Waals surface area contributed by atoms with E-state index in [2.05, 4.69) is 15.6 Å². The molecule has 2 heterocycles. The summed E-state index contributed by atoms with van der Waals surface area (Å²) in [5, 5.41) is 6.30. The summed E-state index contributed by atoms with van der Waals surface area (Å²) in [5.41, 5.74) is 1.50. The van der Waals surface area contributed by atoms with E-state index in [4.69, 9.17) is 4.74 Å². The number of carbonyl (C=O) groups is 1. The van der Waals surface area contributed by atoms with Crippen LogP contribution in [0.25, 0.3) is 0 Å². The number of carbonyl (C=O) groups excluding carboxylic acids is 1. The Hall–Kier alpha value is -1.47. The van der Waals surface area contributed by atoms with E-state index in [9.17, 15) is 4.79 Å². The summed E-state index contributed by atoms with van der Waals surface area (Å²) in [7, 11) is 5.39. The van der Waals surface area contributed by atoms with E-state index in [1.165, 1.54) is 0 Å². The van der Waals surface area contributed by atoms with Crippen molar-refractivity contribution in [2.75, 3.05) is 49.5 Å². The first-order valence-electron chi connectivity index (χ1n) is 6.93. The lowest BCUT2D eigenvalue weighted by atomic mass is 10.2. The first-order chi connectivity index (χ1) is 10.1. The van der Waals surface area contributed by atoms with Crippen molar-refractivity contribution in [1.29, 1.82) is 0 Å². The number of thioether (sulfide) groups is 1. The lowest BCUT2D eigenvalue weighted by Gasteiger charge is -2.23. The van der Waals surface area contributed by atoms with Gasteiger partial charge in [0.25, 0.3) is 0 Å². The number of amides is 1. The third kappa shape index (κ3) is 4.25. The van der Waals surface area contributed by atoms with Crippen LogP contribution in [0.2, 0.25) is 0 Å². The van der Waals surface area contributed by atoms with Gasteiger partial charge in [0.2, 0.25) is 11.8 Å². The highest BCUT2D eigenvalue weighted by Gasteiger charge is 2.20. The van der Waals surface area contributed by atoms with Gasteiger partial charge in [-0.1, -0.05) is 0 Å². The third-order valence-corrected chi connectivity index (χ3v) is 4.39. The molecule has 6 nitrogen and oxygen atoms in total. The maximum Gasteiger partial charge on any atom is 0.239 e. The standard InChI is InChI=1S/C14H22N4O2S/c1-18(2)11-4-5-16-14(20-3)13(11)17-12(19)8-10-9-21-7-6-15-10/h4-5,10,15H,6-9H2,1-3H3,(H,17,19). The average Bonchev–Trinajstić information content (AvgIpc) is 2.48. The summed E-state index contributed by atoms with van der Waals surface area (Å²) in [6.45, 7) is 0.960. The van der Waals surface area contributed by atoms with Crippen LogP contribution >= 0.6 is 11.8 Å². The Labute approximate surface area is 129 Å². The van der Waals surface area contributed by atoms with E-state index >= 15 is 0 Å². The normalized spacial score (nSPS) is 18.1. The van der Waals surface area contributed by atoms with Crippen molar-refractivity contribution in [1.82, 2.24) is 10.3 Å². The minimum Gasteiger partial charge on any atom is -0.479 e. The van der Waals surface area contributed by atoms with Crippen LogP contribution in [0.5, 0.6) is 5.88 Å². The molecule has 0 bridgehead atoms. The molecule has 0 radical (unpaired) electrons. The number of nitrogens with one attached hydrogen (secondary N) is 2. The second kappa shape index (κ2) is 7.51. The zero-order valence-electron chi connectivity index (χ0n) is 12.7. The molecule has 1 aliphatic rings. The number of hydrogen-bond acceptors (Lipinski definition) is 6. The molecule has 0 saturated carbocycles. The quantitative estimate of drug-likeness (QED) is 0.851. The molecule has 1 aromatic rings. The van der Waals surface area contributed by atoms with Crippen molar-refractivity contribution in [2.24, 2.45) is 0 Å². The molecule has 1 atom stereocenters. The van der Waals surface area contributed by atoms with Crippen LogP contribution in [0.3, 0.4) is 0 Å². The highest BCUT2D eigenvalue weighted by atomic mass is 32.2. The molecule has 1 unspecified atom stereocenters. The van der Waals surface area contributed by atoms with Crippen molar-refractivity contribution < 1.29 is 9.53 Å². The monoisotopic (exact) mass is 310 g/mol. The van der Waals surface area contributed by atoms with Gasteiger partial charge < -0.3 is 20.3 Å². The molecule has 1 saturated heterocycles. The van der Waals surface area contributed by atoms with Gasteiger partial charge in [0.05, 0.1) is 12.8 Å². The van der Waals surface area contributed by atoms with Gasteiger partial charge in [0.1, 0.15) is 5.69 Å². The summed E-state index contributed by atoms with van der Waals surface area (Å²) in [6.07, 6.45) is 2.13. The molecule has 21 heavy (non-hydrogen) atoms. The van der Waals surface area contributed by atoms with Gasteiger partial charge in [-0.25, -0.2) is 4.98 Å². The molecule has 0 spiro atoms. The average molecular weight is 310 g/mol. The van der Waals surface area contributed by atoms with Gasteiger partial charge in [0.15, 0.2) is 0 Å². The topological polar surface area (TPSA) is 66.5 Å². The number of hydrogen-bond donors (Lipinski definition) is 2. The molecular weight excluding hydrogens is 288 g/mol. The summed E-state index contributed by atoms with van der Waals surface area (Å²) < 4.78 is 5.25. The second-order valence-corrected chi connectivity index (χ2v) is 6.24. The van der Waals surface area contributed by atoms with Crippen LogP contribution < -0.4 is 20.3 Å². The predicted molar refractivity (Wildman–Crippen MR) is 87.5 cm³/mol. The van der Waals surface area contributed by atoms with Crippen molar-refractivity contribution in [3.63, 3.8) is 0 Å². The molecule has 1 amide bonds. The maximum atomic E-state index is 12.3. The predicted octanol–water partition coefficient (Wildman–Crippen LogP) is 1.19. The maximum absolute atomic E-state index is 12.3. The zero-order valence-corrected chi connectivity index (χ0v) is 13.5. The highest BCUT2D eigenvalue weighted by Crippen LogP contribution is 2.32. The Morgan fingerprint density at radius 3 is 3.05 bits per heavy atom. The number of ether oxygens (including phenoxy) is 1. The van der Waals surface area contributed by atoms with Crippen LogP contribution in [-0.2, 0) is 4.79 Å². The van der Waals surface area contributed by atoms with Gasteiger partial charge in [-0.3, -0.25) is 4.79 Å². The molecule has 1 fully saturated rings. The van der Waals surface area contributed by atoms with Gasteiger partial charge in [-0.15, -0.1) is 0 Å². The molecule has 7 heteroatoms. The first kappa shape index (κ1) is 15.9. The van der Waals surface area contributed by atoms with Crippen molar-refractivity contribution in [2.45, 2.75) is 12.5 Å². The number of methoxy groups -OCH3 is 1. The van der Waals surface area contributed by atoms with Gasteiger partial charge in [0, 0.05) is 50.8 Å². The summed E-state index contributed by atoms with van der Waals surface area (Å²) in [4.78, 5) is 18.3. The minimum absolute atomic E-state index is 0.0237. The third-order valence-electron chi connectivity index (χ3n) is 3.26. The Balaban J connectivity index is 2.08. The molecular formula is C14H22N4O2S. The number of nitrogens with zero attached hydrogens (tertiary/aromatic N) is 2. The van der Waals surface area contributed by atoms with Crippen LogP contribution in [-0.4, -0.2) is 56.2 Å². The van der Waals surface area contributed by atoms with E-state index in [0.717, 1.165) is 23.7 Å². The smallest absolute Gasteiger partial charge is 0.239 e. The van der Waals surface area contributed by atoms with Gasteiger partial charge in [-0.2, -0.15) is 11.8 Å². The van der Waals surface area contributed by atoms with Crippen molar-refractivity contribution >= 4 is 29.0 Å². The van der Waals surface area contributed by atoms with Crippen LogP contribution in [0, 0.1) is 0 Å². The van der Waals surface area contributed by atoms with E-state index in [1.807, 2.05) is 36.8 Å². The highest BCUT2D eigenvalue weighted by molar-refractivity contribution is 7.99. The SMILES string of the molecule is COc1nccc(N(C)C)c1NC(=O)CC1CSCCN1. The second-order valence-electron chi connectivity index (χ2n) is 5.09. The number of rotatable bonds is 5. The summed E-state index contributed by atoms with van der Waals surface area (Å²) in [6, 6.07) is 2.08. The van der Waals surface area contributed by atoms with E-state index in [0.29, 0.717) is 18.0 Å².